The monoisotopic (exact) mass is 302 g/mol. The molecular formula is C16H22N4O2. The molecule has 2 aliphatic rings. The maximum Gasteiger partial charge on any atom is 0.255 e. The van der Waals surface area contributed by atoms with Gasteiger partial charge in [0.1, 0.15) is 0 Å². The highest BCUT2D eigenvalue weighted by Gasteiger charge is 2.47. The molecule has 6 heteroatoms. The molecule has 3 atom stereocenters. The summed E-state index contributed by atoms with van der Waals surface area (Å²) in [5.74, 6) is 0.474. The van der Waals surface area contributed by atoms with Crippen LogP contribution in [0.15, 0.2) is 18.5 Å². The Bertz CT molecular complexity index is 604. The molecule has 3 heterocycles. The summed E-state index contributed by atoms with van der Waals surface area (Å²) in [5.41, 5.74) is 1.63. The Hall–Kier alpha value is -1.95. The summed E-state index contributed by atoms with van der Waals surface area (Å²) in [6.07, 6.45) is 4.19. The van der Waals surface area contributed by atoms with E-state index >= 15 is 0 Å². The van der Waals surface area contributed by atoms with Gasteiger partial charge in [-0.15, -0.1) is 0 Å². The van der Waals surface area contributed by atoms with Crippen molar-refractivity contribution in [3.63, 3.8) is 0 Å². The minimum Gasteiger partial charge on any atom is -0.358 e. The molecule has 0 aliphatic carbocycles. The van der Waals surface area contributed by atoms with E-state index in [1.165, 1.54) is 0 Å². The molecule has 2 aliphatic heterocycles. The molecule has 2 amide bonds. The maximum atomic E-state index is 12.6. The summed E-state index contributed by atoms with van der Waals surface area (Å²) in [4.78, 5) is 32.6. The lowest BCUT2D eigenvalue weighted by molar-refractivity contribution is -0.125. The number of nitrogens with zero attached hydrogens (tertiary/aromatic N) is 3. The van der Waals surface area contributed by atoms with Crippen molar-refractivity contribution in [3.8, 4) is 0 Å². The van der Waals surface area contributed by atoms with E-state index in [1.807, 2.05) is 24.9 Å². The third-order valence-electron chi connectivity index (χ3n) is 4.91. The number of hydrogen-bond donors (Lipinski definition) is 1. The summed E-state index contributed by atoms with van der Waals surface area (Å²) < 4.78 is 0. The van der Waals surface area contributed by atoms with Gasteiger partial charge in [-0.25, -0.2) is 0 Å². The molecule has 22 heavy (non-hydrogen) atoms. The molecule has 0 unspecified atom stereocenters. The van der Waals surface area contributed by atoms with Crippen molar-refractivity contribution in [3.05, 3.63) is 29.6 Å². The second-order valence-electron chi connectivity index (χ2n) is 6.32. The van der Waals surface area contributed by atoms with Gasteiger partial charge in [0.05, 0.1) is 11.6 Å². The lowest BCUT2D eigenvalue weighted by atomic mass is 10.0. The smallest absolute Gasteiger partial charge is 0.255 e. The summed E-state index contributed by atoms with van der Waals surface area (Å²) in [6.45, 7) is 3.33. The van der Waals surface area contributed by atoms with Gasteiger partial charge in [0.2, 0.25) is 5.91 Å². The summed E-state index contributed by atoms with van der Waals surface area (Å²) in [6, 6.07) is 2.07. The first-order valence-corrected chi connectivity index (χ1v) is 7.65. The Morgan fingerprint density at radius 2 is 2.09 bits per heavy atom. The average Bonchev–Trinajstić information content (AvgIpc) is 3.06. The van der Waals surface area contributed by atoms with Crippen LogP contribution in [0.1, 0.15) is 22.3 Å². The lowest BCUT2D eigenvalue weighted by Gasteiger charge is -2.25. The molecule has 2 fully saturated rings. The second-order valence-corrected chi connectivity index (χ2v) is 6.32. The van der Waals surface area contributed by atoms with E-state index in [1.54, 1.807) is 19.4 Å². The Morgan fingerprint density at radius 1 is 1.32 bits per heavy atom. The van der Waals surface area contributed by atoms with Crippen LogP contribution in [0.3, 0.4) is 0 Å². The molecule has 0 bridgehead atoms. The summed E-state index contributed by atoms with van der Waals surface area (Å²) in [5, 5.41) is 2.72. The summed E-state index contributed by atoms with van der Waals surface area (Å²) >= 11 is 0. The van der Waals surface area contributed by atoms with Gasteiger partial charge in [-0.05, 0) is 37.9 Å². The number of nitrogens with one attached hydrogen (secondary N) is 1. The van der Waals surface area contributed by atoms with Crippen LogP contribution in [0.2, 0.25) is 0 Å². The fraction of sp³-hybridized carbons (Fsp3) is 0.562. The lowest BCUT2D eigenvalue weighted by Crippen LogP contribution is -2.45. The van der Waals surface area contributed by atoms with Crippen molar-refractivity contribution < 1.29 is 9.59 Å². The van der Waals surface area contributed by atoms with E-state index in [0.717, 1.165) is 18.5 Å². The van der Waals surface area contributed by atoms with Gasteiger partial charge < -0.3 is 10.2 Å². The minimum absolute atomic E-state index is 0.0375. The Labute approximate surface area is 130 Å². The van der Waals surface area contributed by atoms with E-state index in [2.05, 4.69) is 15.2 Å². The normalized spacial score (nSPS) is 27.8. The molecule has 1 aromatic rings. The van der Waals surface area contributed by atoms with Crippen molar-refractivity contribution in [1.82, 2.24) is 20.1 Å². The maximum absolute atomic E-state index is 12.6. The molecule has 6 nitrogen and oxygen atoms in total. The van der Waals surface area contributed by atoms with E-state index in [-0.39, 0.29) is 23.9 Å². The number of hydrogen-bond acceptors (Lipinski definition) is 4. The highest BCUT2D eigenvalue weighted by Crippen LogP contribution is 2.35. The van der Waals surface area contributed by atoms with Gasteiger partial charge in [-0.2, -0.15) is 0 Å². The van der Waals surface area contributed by atoms with Crippen LogP contribution in [0.5, 0.6) is 0 Å². The van der Waals surface area contributed by atoms with Gasteiger partial charge in [-0.3, -0.25) is 19.5 Å². The largest absolute Gasteiger partial charge is 0.358 e. The average molecular weight is 302 g/mol. The van der Waals surface area contributed by atoms with Crippen molar-refractivity contribution in [2.45, 2.75) is 25.4 Å². The number of carbonyl (C=O) groups excluding carboxylic acids is 2. The standard InChI is InChI=1S/C16H22N4O2/c1-10-4-11(7-18-6-10)16(22)20-8-12-5-13(15(21)17-2)19(3)14(12)9-20/h4,6-7,12-14H,5,8-9H2,1-3H3,(H,17,21)/t12-,13-,14+/m1/s1. The highest BCUT2D eigenvalue weighted by atomic mass is 16.2. The Morgan fingerprint density at radius 3 is 2.73 bits per heavy atom. The number of aryl methyl sites for hydroxylation is 1. The first-order chi connectivity index (χ1) is 10.5. The van der Waals surface area contributed by atoms with Crippen LogP contribution < -0.4 is 5.32 Å². The molecule has 118 valence electrons. The third-order valence-corrected chi connectivity index (χ3v) is 4.91. The van der Waals surface area contributed by atoms with Gasteiger partial charge in [0.25, 0.3) is 5.91 Å². The zero-order valence-corrected chi connectivity index (χ0v) is 13.2. The number of rotatable bonds is 2. The molecule has 2 saturated heterocycles. The molecule has 0 spiro atoms. The molecule has 0 saturated carbocycles. The number of likely N-dealkylation sites (tertiary alicyclic amines) is 2. The van der Waals surface area contributed by atoms with Crippen LogP contribution in [0, 0.1) is 12.8 Å². The third kappa shape index (κ3) is 2.47. The minimum atomic E-state index is -0.0714. The predicted octanol–water partition coefficient (Wildman–Crippen LogP) is 0.281. The second kappa shape index (κ2) is 5.68. The van der Waals surface area contributed by atoms with Crippen molar-refractivity contribution in [1.29, 1.82) is 0 Å². The molecule has 0 aromatic carbocycles. The number of amides is 2. The van der Waals surface area contributed by atoms with Gasteiger partial charge in [0, 0.05) is 38.6 Å². The van der Waals surface area contributed by atoms with Gasteiger partial charge >= 0.3 is 0 Å². The van der Waals surface area contributed by atoms with E-state index in [9.17, 15) is 9.59 Å². The van der Waals surface area contributed by atoms with Crippen LogP contribution >= 0.6 is 0 Å². The molecule has 3 rings (SSSR count). The molecule has 1 aromatic heterocycles. The molecule has 0 radical (unpaired) electrons. The number of fused-ring (bicyclic) bond motifs is 1. The zero-order chi connectivity index (χ0) is 15.9. The van der Waals surface area contributed by atoms with E-state index in [4.69, 9.17) is 0 Å². The first kappa shape index (κ1) is 15.0. The van der Waals surface area contributed by atoms with Crippen molar-refractivity contribution >= 4 is 11.8 Å². The molecular weight excluding hydrogens is 280 g/mol. The number of carbonyl (C=O) groups is 2. The fourth-order valence-electron chi connectivity index (χ4n) is 3.71. The zero-order valence-electron chi connectivity index (χ0n) is 13.2. The van der Waals surface area contributed by atoms with Gasteiger partial charge in [0.15, 0.2) is 0 Å². The van der Waals surface area contributed by atoms with Crippen molar-refractivity contribution in [2.75, 3.05) is 27.2 Å². The van der Waals surface area contributed by atoms with Crippen LogP contribution in [-0.4, -0.2) is 65.9 Å². The van der Waals surface area contributed by atoms with Gasteiger partial charge in [-0.1, -0.05) is 0 Å². The highest BCUT2D eigenvalue weighted by molar-refractivity contribution is 5.94. The quantitative estimate of drug-likeness (QED) is 0.852. The van der Waals surface area contributed by atoms with Crippen LogP contribution in [-0.2, 0) is 4.79 Å². The fourth-order valence-corrected chi connectivity index (χ4v) is 3.71. The number of pyridine rings is 1. The topological polar surface area (TPSA) is 65.5 Å². The predicted molar refractivity (Wildman–Crippen MR) is 82.4 cm³/mol. The first-order valence-electron chi connectivity index (χ1n) is 7.65. The molecule has 1 N–H and O–H groups in total. The number of likely N-dealkylation sites (N-methyl/N-ethyl adjacent to an activating group) is 2. The SMILES string of the molecule is CNC(=O)[C@H]1C[C@@H]2CN(C(=O)c3cncc(C)c3)C[C@@H]2N1C. The summed E-state index contributed by atoms with van der Waals surface area (Å²) in [7, 11) is 3.65. The number of aromatic nitrogens is 1. The van der Waals surface area contributed by atoms with Crippen LogP contribution in [0.25, 0.3) is 0 Å². The van der Waals surface area contributed by atoms with Crippen LogP contribution in [0.4, 0.5) is 0 Å². The van der Waals surface area contributed by atoms with Crippen molar-refractivity contribution in [2.24, 2.45) is 5.92 Å². The Balaban J connectivity index is 1.70. The van der Waals surface area contributed by atoms with E-state index < -0.39 is 0 Å². The Kier molecular flexibility index (Phi) is 3.87. The van der Waals surface area contributed by atoms with E-state index in [0.29, 0.717) is 18.0 Å².